The molecule has 1 nitrogen and oxygen atoms in total. The molecule has 3 rings (SSSR count). The van der Waals surface area contributed by atoms with Crippen molar-refractivity contribution >= 4 is 70.1 Å². The fraction of sp³-hybridized carbons (Fsp3) is 0.308. The molecule has 0 atom stereocenters. The maximum absolute atomic E-state index is 15.5. The first kappa shape index (κ1) is 30.8. The monoisotopic (exact) mass is 628 g/mol. The second-order valence-electron chi connectivity index (χ2n) is 7.88. The van der Waals surface area contributed by atoms with Gasteiger partial charge >= 0.3 is 11.8 Å². The van der Waals surface area contributed by atoms with Crippen molar-refractivity contribution in [3.8, 4) is 0 Å². The van der Waals surface area contributed by atoms with Gasteiger partial charge < -0.3 is 4.74 Å². The Morgan fingerprint density at radius 3 is 1.30 bits per heavy atom. The highest BCUT2D eigenvalue weighted by Crippen LogP contribution is 2.61. The van der Waals surface area contributed by atoms with Gasteiger partial charge in [-0.2, -0.15) is 17.6 Å². The number of hydrogen-bond acceptors (Lipinski definition) is 4. The first-order valence-corrected chi connectivity index (χ1v) is 14.7. The molecule has 200 valence electrons. The lowest BCUT2D eigenvalue weighted by molar-refractivity contribution is -0.218. The Labute approximate surface area is 242 Å². The highest BCUT2D eigenvalue weighted by molar-refractivity contribution is 8.33. The van der Waals surface area contributed by atoms with Crippen LogP contribution in [-0.4, -0.2) is 28.5 Å². The van der Waals surface area contributed by atoms with E-state index in [9.17, 15) is 8.78 Å². The van der Waals surface area contributed by atoms with Crippen LogP contribution in [0.3, 0.4) is 0 Å². The average molecular weight is 630 g/mol. The van der Waals surface area contributed by atoms with Crippen LogP contribution in [0.4, 0.5) is 17.6 Å². The Kier molecular flexibility index (Phi) is 11.3. The van der Waals surface area contributed by atoms with E-state index in [1.165, 1.54) is 0 Å². The third kappa shape index (κ3) is 9.16. The molecule has 0 fully saturated rings. The van der Waals surface area contributed by atoms with Gasteiger partial charge in [0, 0.05) is 42.8 Å². The summed E-state index contributed by atoms with van der Waals surface area (Å²) in [5.41, 5.74) is 0. The first-order chi connectivity index (χ1) is 17.4. The number of halogens is 7. The molecule has 0 heterocycles. The van der Waals surface area contributed by atoms with Crippen LogP contribution in [0.2, 0.25) is 15.1 Å². The predicted molar refractivity (Wildman–Crippen MR) is 150 cm³/mol. The number of benzene rings is 3. The molecule has 0 aliphatic rings. The third-order valence-electron chi connectivity index (χ3n) is 5.00. The molecule has 0 saturated heterocycles. The van der Waals surface area contributed by atoms with Gasteiger partial charge in [-0.15, -0.1) is 0 Å². The van der Waals surface area contributed by atoms with Crippen LogP contribution in [0.25, 0.3) is 0 Å². The molecule has 0 spiro atoms. The second-order valence-corrected chi connectivity index (χ2v) is 14.1. The van der Waals surface area contributed by atoms with E-state index < -0.39 is 34.7 Å². The lowest BCUT2D eigenvalue weighted by Crippen LogP contribution is -2.45. The largest absolute Gasteiger partial charge is 0.382 e. The summed E-state index contributed by atoms with van der Waals surface area (Å²) < 4.78 is 64.3. The SMILES string of the molecule is CCOCCC(F)(F)C(F)(F)CC(Sc1ccc(Cl)cc1)(Sc1ccc(Cl)cc1)Sc1ccc(Cl)cc1. The van der Waals surface area contributed by atoms with E-state index in [0.29, 0.717) is 29.8 Å². The molecule has 0 bridgehead atoms. The van der Waals surface area contributed by atoms with E-state index in [-0.39, 0.29) is 6.61 Å². The zero-order valence-corrected chi connectivity index (χ0v) is 24.3. The molecular weight excluding hydrogens is 607 g/mol. The Hall–Kier alpha value is -0.740. The Bertz CT molecular complexity index is 1020. The van der Waals surface area contributed by atoms with Crippen molar-refractivity contribution in [2.75, 3.05) is 13.2 Å². The highest BCUT2D eigenvalue weighted by atomic mass is 35.5. The Morgan fingerprint density at radius 2 is 0.973 bits per heavy atom. The van der Waals surface area contributed by atoms with Gasteiger partial charge in [-0.05, 0) is 79.7 Å². The molecule has 0 saturated carbocycles. The van der Waals surface area contributed by atoms with E-state index in [1.807, 2.05) is 0 Å². The molecule has 0 aliphatic carbocycles. The Morgan fingerprint density at radius 1 is 0.622 bits per heavy atom. The zero-order valence-electron chi connectivity index (χ0n) is 19.5. The van der Waals surface area contributed by atoms with Crippen molar-refractivity contribution in [3.63, 3.8) is 0 Å². The summed E-state index contributed by atoms with van der Waals surface area (Å²) in [5.74, 6) is -8.63. The third-order valence-corrected chi connectivity index (χ3v) is 10.1. The maximum atomic E-state index is 15.5. The molecule has 3 aromatic carbocycles. The quantitative estimate of drug-likeness (QED) is 0.0805. The van der Waals surface area contributed by atoms with Gasteiger partial charge in [0.15, 0.2) is 0 Å². The molecule has 0 radical (unpaired) electrons. The minimum absolute atomic E-state index is 0.164. The van der Waals surface area contributed by atoms with E-state index in [0.717, 1.165) is 35.3 Å². The van der Waals surface area contributed by atoms with E-state index >= 15 is 8.78 Å². The van der Waals surface area contributed by atoms with Gasteiger partial charge in [0.2, 0.25) is 0 Å². The van der Waals surface area contributed by atoms with Gasteiger partial charge in [0.25, 0.3) is 0 Å². The minimum atomic E-state index is -4.34. The lowest BCUT2D eigenvalue weighted by atomic mass is 10.1. The van der Waals surface area contributed by atoms with Crippen LogP contribution in [0.15, 0.2) is 87.5 Å². The van der Waals surface area contributed by atoms with Crippen molar-refractivity contribution < 1.29 is 22.3 Å². The molecule has 0 aliphatic heterocycles. The Balaban J connectivity index is 2.07. The standard InChI is InChI=1S/C26H23Cl3F4OS3/c1-2-34-16-15-24(30,31)25(32,33)17-26(35-21-9-3-18(27)4-10-21,36-22-11-5-19(28)6-12-22)37-23-13-7-20(29)8-14-23/h3-14H,2,15-17H2,1H3. The van der Waals surface area contributed by atoms with Gasteiger partial charge in [-0.25, -0.2) is 0 Å². The number of ether oxygens (including phenoxy) is 1. The normalized spacial score (nSPS) is 12.6. The van der Waals surface area contributed by atoms with Crippen molar-refractivity contribution in [3.05, 3.63) is 87.9 Å². The summed E-state index contributed by atoms with van der Waals surface area (Å²) in [5, 5.41) is 1.41. The highest BCUT2D eigenvalue weighted by Gasteiger charge is 2.60. The number of hydrogen-bond donors (Lipinski definition) is 0. The summed E-state index contributed by atoms with van der Waals surface area (Å²) in [6, 6.07) is 19.8. The summed E-state index contributed by atoms with van der Waals surface area (Å²) >= 11 is 21.3. The predicted octanol–water partition coefficient (Wildman–Crippen LogP) is 11.1. The van der Waals surface area contributed by atoms with Crippen LogP contribution in [0.1, 0.15) is 19.8 Å². The molecule has 0 amide bonds. The van der Waals surface area contributed by atoms with Crippen molar-refractivity contribution in [1.29, 1.82) is 0 Å². The lowest BCUT2D eigenvalue weighted by Gasteiger charge is -2.37. The van der Waals surface area contributed by atoms with Crippen molar-refractivity contribution in [2.45, 2.75) is 49.7 Å². The number of alkyl halides is 4. The van der Waals surface area contributed by atoms with Crippen LogP contribution >= 0.6 is 70.1 Å². The number of rotatable bonds is 13. The van der Waals surface area contributed by atoms with Crippen LogP contribution in [-0.2, 0) is 4.74 Å². The van der Waals surface area contributed by atoms with Crippen LogP contribution in [0, 0.1) is 0 Å². The molecule has 3 aromatic rings. The summed E-state index contributed by atoms with van der Waals surface area (Å²) in [6.45, 7) is 1.32. The average Bonchev–Trinajstić information content (AvgIpc) is 2.83. The fourth-order valence-corrected chi connectivity index (χ4v) is 8.41. The summed E-state index contributed by atoms with van der Waals surface area (Å²) in [7, 11) is 0. The minimum Gasteiger partial charge on any atom is -0.382 e. The molecule has 11 heteroatoms. The number of thioether (sulfide) groups is 3. The summed E-state index contributed by atoms with van der Waals surface area (Å²) in [6.07, 6.45) is -2.24. The van der Waals surface area contributed by atoms with E-state index in [1.54, 1.807) is 79.7 Å². The van der Waals surface area contributed by atoms with E-state index in [4.69, 9.17) is 39.5 Å². The molecule has 0 aromatic heterocycles. The van der Waals surface area contributed by atoms with Crippen molar-refractivity contribution in [1.82, 2.24) is 0 Å². The molecule has 0 unspecified atom stereocenters. The van der Waals surface area contributed by atoms with E-state index in [2.05, 4.69) is 0 Å². The zero-order chi connectivity index (χ0) is 27.1. The van der Waals surface area contributed by atoms with Gasteiger partial charge in [-0.1, -0.05) is 70.1 Å². The smallest absolute Gasteiger partial charge is 0.313 e. The fourth-order valence-electron chi connectivity index (χ4n) is 3.15. The van der Waals surface area contributed by atoms with Crippen LogP contribution in [0.5, 0.6) is 0 Å². The van der Waals surface area contributed by atoms with Crippen LogP contribution < -0.4 is 0 Å². The van der Waals surface area contributed by atoms with Gasteiger partial charge in [0.1, 0.15) is 3.41 Å². The summed E-state index contributed by atoms with van der Waals surface area (Å²) in [4.78, 5) is 1.79. The second kappa shape index (κ2) is 13.6. The van der Waals surface area contributed by atoms with Gasteiger partial charge in [-0.3, -0.25) is 0 Å². The van der Waals surface area contributed by atoms with Crippen molar-refractivity contribution in [2.24, 2.45) is 0 Å². The first-order valence-electron chi connectivity index (χ1n) is 11.1. The maximum Gasteiger partial charge on any atom is 0.313 e. The molecule has 37 heavy (non-hydrogen) atoms. The van der Waals surface area contributed by atoms with Gasteiger partial charge in [0.05, 0.1) is 13.0 Å². The molecule has 0 N–H and O–H groups in total. The topological polar surface area (TPSA) is 9.23 Å². The molecular formula is C26H23Cl3F4OS3.